The van der Waals surface area contributed by atoms with E-state index in [1.807, 2.05) is 0 Å². The largest absolute Gasteiger partial charge is 0.416 e. The first-order chi connectivity index (χ1) is 9.97. The summed E-state index contributed by atoms with van der Waals surface area (Å²) in [6, 6.07) is 4.92. The third-order valence-corrected chi connectivity index (χ3v) is 2.40. The van der Waals surface area contributed by atoms with Crippen LogP contribution in [0.2, 0.25) is 0 Å². The Labute approximate surface area is 145 Å². The summed E-state index contributed by atoms with van der Waals surface area (Å²) in [6.07, 6.45) is -2.67. The van der Waals surface area contributed by atoms with Gasteiger partial charge in [0.2, 0.25) is 0 Å². The second-order valence-electron chi connectivity index (χ2n) is 3.98. The summed E-state index contributed by atoms with van der Waals surface area (Å²) in [5.74, 6) is 5.97. The minimum absolute atomic E-state index is 0. The molecule has 0 atom stereocenters. The van der Waals surface area contributed by atoms with Crippen LogP contribution in [0.4, 0.5) is 13.2 Å². The molecule has 0 amide bonds. The minimum Gasteiger partial charge on any atom is -0.353 e. The Morgan fingerprint density at radius 3 is 2.68 bits per heavy atom. The van der Waals surface area contributed by atoms with Crippen LogP contribution in [-0.4, -0.2) is 26.1 Å². The molecule has 0 radical (unpaired) electrons. The monoisotopic (exact) mass is 423 g/mol. The van der Waals surface area contributed by atoms with Crippen LogP contribution < -0.4 is 10.6 Å². The number of halogens is 4. The van der Waals surface area contributed by atoms with Gasteiger partial charge in [-0.15, -0.1) is 30.6 Å². The molecule has 0 aliphatic carbocycles. The second-order valence-corrected chi connectivity index (χ2v) is 3.98. The molecule has 0 bridgehead atoms. The van der Waals surface area contributed by atoms with E-state index in [0.717, 1.165) is 12.1 Å². The Bertz CT molecular complexity index is 571. The van der Waals surface area contributed by atoms with Crippen LogP contribution in [0, 0.1) is 11.8 Å². The maximum Gasteiger partial charge on any atom is 0.416 e. The van der Waals surface area contributed by atoms with Crippen molar-refractivity contribution < 1.29 is 13.2 Å². The lowest BCUT2D eigenvalue weighted by atomic mass is 10.1. The fraction of sp³-hybridized carbons (Fsp3) is 0.267. The Morgan fingerprint density at radius 1 is 1.36 bits per heavy atom. The van der Waals surface area contributed by atoms with Gasteiger partial charge in [0, 0.05) is 19.2 Å². The molecule has 0 saturated carbocycles. The highest BCUT2D eigenvalue weighted by Gasteiger charge is 2.30. The maximum absolute atomic E-state index is 12.5. The van der Waals surface area contributed by atoms with Gasteiger partial charge in [0.1, 0.15) is 0 Å². The number of rotatable bonds is 3. The van der Waals surface area contributed by atoms with E-state index in [2.05, 4.69) is 34.0 Å². The minimum atomic E-state index is -4.35. The van der Waals surface area contributed by atoms with Gasteiger partial charge in [-0.2, -0.15) is 13.2 Å². The van der Waals surface area contributed by atoms with Crippen LogP contribution >= 0.6 is 24.0 Å². The van der Waals surface area contributed by atoms with Crippen molar-refractivity contribution in [2.45, 2.75) is 6.18 Å². The fourth-order valence-corrected chi connectivity index (χ4v) is 1.44. The molecule has 7 heteroatoms. The van der Waals surface area contributed by atoms with Crippen molar-refractivity contribution >= 4 is 29.9 Å². The van der Waals surface area contributed by atoms with Crippen molar-refractivity contribution in [1.82, 2.24) is 10.6 Å². The zero-order chi connectivity index (χ0) is 15.7. The van der Waals surface area contributed by atoms with Crippen LogP contribution in [0.15, 0.2) is 41.9 Å². The summed E-state index contributed by atoms with van der Waals surface area (Å²) in [7, 11) is 1.61. The van der Waals surface area contributed by atoms with Crippen LogP contribution in [0.3, 0.4) is 0 Å². The molecule has 0 aromatic heterocycles. The number of nitrogens with one attached hydrogen (secondary N) is 2. The van der Waals surface area contributed by atoms with Gasteiger partial charge >= 0.3 is 6.18 Å². The van der Waals surface area contributed by atoms with E-state index in [1.165, 1.54) is 12.1 Å². The van der Waals surface area contributed by atoms with E-state index < -0.39 is 11.7 Å². The van der Waals surface area contributed by atoms with Crippen LogP contribution in [0.25, 0.3) is 0 Å². The van der Waals surface area contributed by atoms with E-state index in [4.69, 9.17) is 0 Å². The van der Waals surface area contributed by atoms with Gasteiger partial charge in [0.25, 0.3) is 0 Å². The maximum atomic E-state index is 12.5. The zero-order valence-electron chi connectivity index (χ0n) is 12.0. The number of aliphatic imine (C=N–C) groups is 1. The topological polar surface area (TPSA) is 36.4 Å². The van der Waals surface area contributed by atoms with Crippen molar-refractivity contribution in [3.05, 3.63) is 48.0 Å². The molecule has 0 aliphatic rings. The number of benzene rings is 1. The highest BCUT2D eigenvalue weighted by molar-refractivity contribution is 14.0. The highest BCUT2D eigenvalue weighted by Crippen LogP contribution is 2.29. The number of hydrogen-bond acceptors (Lipinski definition) is 1. The Balaban J connectivity index is 0.00000441. The van der Waals surface area contributed by atoms with Crippen molar-refractivity contribution in [3.63, 3.8) is 0 Å². The summed E-state index contributed by atoms with van der Waals surface area (Å²) in [5.41, 5.74) is -0.383. The fourth-order valence-electron chi connectivity index (χ4n) is 1.44. The number of hydrogen-bond donors (Lipinski definition) is 2. The van der Waals surface area contributed by atoms with Gasteiger partial charge in [-0.25, -0.2) is 0 Å². The molecule has 120 valence electrons. The van der Waals surface area contributed by atoms with Gasteiger partial charge in [0.05, 0.1) is 12.1 Å². The smallest absolute Gasteiger partial charge is 0.353 e. The van der Waals surface area contributed by atoms with Gasteiger partial charge in [-0.1, -0.05) is 24.0 Å². The van der Waals surface area contributed by atoms with Gasteiger partial charge < -0.3 is 10.6 Å². The molecular formula is C15H17F3IN3. The van der Waals surface area contributed by atoms with E-state index in [-0.39, 0.29) is 30.5 Å². The normalized spacial score (nSPS) is 10.8. The van der Waals surface area contributed by atoms with Crippen LogP contribution in [0.5, 0.6) is 0 Å². The second kappa shape index (κ2) is 10.1. The molecule has 22 heavy (non-hydrogen) atoms. The zero-order valence-corrected chi connectivity index (χ0v) is 14.3. The Hall–Kier alpha value is -1.69. The summed E-state index contributed by atoms with van der Waals surface area (Å²) < 4.78 is 37.6. The molecule has 1 aromatic rings. The lowest BCUT2D eigenvalue weighted by Gasteiger charge is -2.07. The van der Waals surface area contributed by atoms with E-state index in [9.17, 15) is 13.2 Å². The summed E-state index contributed by atoms with van der Waals surface area (Å²) in [6.45, 7) is 4.39. The van der Waals surface area contributed by atoms with E-state index >= 15 is 0 Å². The molecule has 0 saturated heterocycles. The molecule has 0 aliphatic heterocycles. The molecule has 0 heterocycles. The molecular weight excluding hydrogens is 406 g/mol. The van der Waals surface area contributed by atoms with Gasteiger partial charge in [-0.05, 0) is 18.2 Å². The molecule has 0 spiro atoms. The molecule has 3 nitrogen and oxygen atoms in total. The molecule has 1 rings (SSSR count). The average Bonchev–Trinajstić information content (AvgIpc) is 2.46. The van der Waals surface area contributed by atoms with Crippen molar-refractivity contribution in [2.75, 3.05) is 20.1 Å². The first kappa shape index (κ1) is 20.3. The summed E-state index contributed by atoms with van der Waals surface area (Å²) in [4.78, 5) is 3.95. The summed E-state index contributed by atoms with van der Waals surface area (Å²) in [5, 5.41) is 5.87. The quantitative estimate of drug-likeness (QED) is 0.258. The third kappa shape index (κ3) is 7.36. The molecule has 0 unspecified atom stereocenters. The van der Waals surface area contributed by atoms with Gasteiger partial charge in [0.15, 0.2) is 5.96 Å². The first-order valence-electron chi connectivity index (χ1n) is 6.19. The number of alkyl halides is 3. The third-order valence-electron chi connectivity index (χ3n) is 2.40. The van der Waals surface area contributed by atoms with Crippen molar-refractivity contribution in [3.8, 4) is 11.8 Å². The summed E-state index contributed by atoms with van der Waals surface area (Å²) >= 11 is 0. The van der Waals surface area contributed by atoms with Gasteiger partial charge in [-0.3, -0.25) is 4.99 Å². The SMILES string of the molecule is C=CCNC(=NC)NCC#Cc1cccc(C(F)(F)F)c1.I. The lowest BCUT2D eigenvalue weighted by molar-refractivity contribution is -0.137. The van der Waals surface area contributed by atoms with Crippen LogP contribution in [-0.2, 0) is 6.18 Å². The first-order valence-corrected chi connectivity index (χ1v) is 6.19. The predicted molar refractivity (Wildman–Crippen MR) is 93.3 cm³/mol. The average molecular weight is 423 g/mol. The van der Waals surface area contributed by atoms with E-state index in [0.29, 0.717) is 18.1 Å². The molecule has 1 aromatic carbocycles. The van der Waals surface area contributed by atoms with Crippen LogP contribution in [0.1, 0.15) is 11.1 Å². The van der Waals surface area contributed by atoms with Crippen molar-refractivity contribution in [1.29, 1.82) is 0 Å². The van der Waals surface area contributed by atoms with Crippen molar-refractivity contribution in [2.24, 2.45) is 4.99 Å². The molecule has 0 fully saturated rings. The Morgan fingerprint density at radius 2 is 2.09 bits per heavy atom. The standard InChI is InChI=1S/C15H16F3N3.HI/c1-3-9-20-14(19-2)21-10-5-7-12-6-4-8-13(11-12)15(16,17)18;/h3-4,6,8,11H,1,9-10H2,2H3,(H2,19,20,21);1H. The number of nitrogens with zero attached hydrogens (tertiary/aromatic N) is 1. The lowest BCUT2D eigenvalue weighted by Crippen LogP contribution is -2.37. The number of guanidine groups is 1. The molecule has 2 N–H and O–H groups in total. The van der Waals surface area contributed by atoms with E-state index in [1.54, 1.807) is 13.1 Å². The predicted octanol–water partition coefficient (Wildman–Crippen LogP) is 3.03. The Kier molecular flexibility index (Phi) is 9.33. The highest BCUT2D eigenvalue weighted by atomic mass is 127.